The van der Waals surface area contributed by atoms with Crippen molar-refractivity contribution in [3.63, 3.8) is 0 Å². The average molecular weight is 333 g/mol. The molecule has 1 N–H and O–H groups in total. The SMILES string of the molecule is c1ccc2c(c1)Oc1ccc3[nH]c4ccccc4c3c1-c1ccccc1-2. The van der Waals surface area contributed by atoms with E-state index in [1.54, 1.807) is 0 Å². The van der Waals surface area contributed by atoms with E-state index in [1.165, 1.54) is 21.9 Å². The van der Waals surface area contributed by atoms with E-state index in [2.05, 4.69) is 77.8 Å². The molecule has 2 heteroatoms. The lowest BCUT2D eigenvalue weighted by Crippen LogP contribution is -1.86. The van der Waals surface area contributed by atoms with Crippen molar-refractivity contribution in [1.29, 1.82) is 0 Å². The third-order valence-corrected chi connectivity index (χ3v) is 5.23. The van der Waals surface area contributed by atoms with Crippen LogP contribution in [0.1, 0.15) is 0 Å². The summed E-state index contributed by atoms with van der Waals surface area (Å²) in [5, 5.41) is 2.45. The molecular formula is C24H15NO. The molecule has 26 heavy (non-hydrogen) atoms. The number of aromatic amines is 1. The first-order valence-corrected chi connectivity index (χ1v) is 8.80. The van der Waals surface area contributed by atoms with Gasteiger partial charge in [-0.05, 0) is 35.4 Å². The van der Waals surface area contributed by atoms with E-state index in [-0.39, 0.29) is 0 Å². The van der Waals surface area contributed by atoms with Gasteiger partial charge in [0, 0.05) is 32.9 Å². The second-order valence-electron chi connectivity index (χ2n) is 6.68. The van der Waals surface area contributed by atoms with Crippen molar-refractivity contribution < 1.29 is 4.74 Å². The fourth-order valence-electron chi connectivity index (χ4n) is 4.11. The number of nitrogens with one attached hydrogen (secondary N) is 1. The lowest BCUT2D eigenvalue weighted by atomic mass is 9.92. The van der Waals surface area contributed by atoms with E-state index in [1.807, 2.05) is 12.1 Å². The van der Waals surface area contributed by atoms with Gasteiger partial charge in [0.15, 0.2) is 0 Å². The van der Waals surface area contributed by atoms with E-state index < -0.39 is 0 Å². The maximum absolute atomic E-state index is 6.40. The Bertz CT molecular complexity index is 1310. The first-order chi connectivity index (χ1) is 12.9. The zero-order valence-corrected chi connectivity index (χ0v) is 14.0. The summed E-state index contributed by atoms with van der Waals surface area (Å²) in [6, 6.07) is 29.5. The zero-order valence-electron chi connectivity index (χ0n) is 14.0. The molecule has 0 amide bonds. The second kappa shape index (κ2) is 4.99. The molecule has 0 radical (unpaired) electrons. The summed E-state index contributed by atoms with van der Waals surface area (Å²) < 4.78 is 6.40. The van der Waals surface area contributed by atoms with Crippen LogP contribution in [0.4, 0.5) is 0 Å². The molecule has 2 nitrogen and oxygen atoms in total. The van der Waals surface area contributed by atoms with Gasteiger partial charge in [-0.3, -0.25) is 0 Å². The maximum Gasteiger partial charge on any atom is 0.136 e. The third kappa shape index (κ3) is 1.76. The summed E-state index contributed by atoms with van der Waals surface area (Å²) in [5.74, 6) is 1.80. The maximum atomic E-state index is 6.40. The number of hydrogen-bond acceptors (Lipinski definition) is 1. The van der Waals surface area contributed by atoms with E-state index in [0.717, 1.165) is 33.7 Å². The molecular weight excluding hydrogens is 318 g/mol. The van der Waals surface area contributed by atoms with Crippen molar-refractivity contribution in [2.24, 2.45) is 0 Å². The predicted octanol–water partition coefficient (Wildman–Crippen LogP) is 6.76. The van der Waals surface area contributed by atoms with Crippen molar-refractivity contribution in [2.75, 3.05) is 0 Å². The van der Waals surface area contributed by atoms with Gasteiger partial charge in [0.25, 0.3) is 0 Å². The molecule has 0 fully saturated rings. The third-order valence-electron chi connectivity index (χ3n) is 5.23. The smallest absolute Gasteiger partial charge is 0.136 e. The lowest BCUT2D eigenvalue weighted by molar-refractivity contribution is 0.488. The van der Waals surface area contributed by atoms with Gasteiger partial charge in [-0.15, -0.1) is 0 Å². The van der Waals surface area contributed by atoms with Crippen LogP contribution in [0.5, 0.6) is 11.5 Å². The molecule has 0 aliphatic carbocycles. The Hall–Kier alpha value is -3.52. The number of aromatic nitrogens is 1. The Kier molecular flexibility index (Phi) is 2.64. The number of fused-ring (bicyclic) bond motifs is 9. The normalized spacial score (nSPS) is 12.2. The van der Waals surface area contributed by atoms with Gasteiger partial charge >= 0.3 is 0 Å². The van der Waals surface area contributed by atoms with E-state index in [9.17, 15) is 0 Å². The van der Waals surface area contributed by atoms with Crippen molar-refractivity contribution in [1.82, 2.24) is 4.98 Å². The van der Waals surface area contributed by atoms with Crippen LogP contribution >= 0.6 is 0 Å². The fraction of sp³-hybridized carbons (Fsp3) is 0. The highest BCUT2D eigenvalue weighted by Crippen LogP contribution is 2.50. The summed E-state index contributed by atoms with van der Waals surface area (Å²) in [6.07, 6.45) is 0. The standard InChI is InChI=1S/C24H15NO/c1-2-9-17-15(7-1)16-8-4-6-12-21(16)26-22-14-13-20-23(24(17)22)18-10-3-5-11-19(18)25-20/h1-14,25H. The van der Waals surface area contributed by atoms with Gasteiger partial charge in [-0.1, -0.05) is 60.7 Å². The minimum absolute atomic E-state index is 0.901. The summed E-state index contributed by atoms with van der Waals surface area (Å²) in [5.41, 5.74) is 6.99. The van der Waals surface area contributed by atoms with Gasteiger partial charge in [0.2, 0.25) is 0 Å². The highest BCUT2D eigenvalue weighted by Gasteiger charge is 2.23. The highest BCUT2D eigenvalue weighted by molar-refractivity contribution is 6.17. The molecule has 4 aromatic carbocycles. The van der Waals surface area contributed by atoms with E-state index >= 15 is 0 Å². The number of para-hydroxylation sites is 2. The van der Waals surface area contributed by atoms with Crippen LogP contribution in [0.25, 0.3) is 44.1 Å². The number of benzene rings is 4. The number of H-pyrrole nitrogens is 1. The van der Waals surface area contributed by atoms with Crippen LogP contribution in [-0.4, -0.2) is 4.98 Å². The van der Waals surface area contributed by atoms with Crippen LogP contribution < -0.4 is 4.74 Å². The minimum Gasteiger partial charge on any atom is -0.456 e. The van der Waals surface area contributed by atoms with E-state index in [4.69, 9.17) is 4.74 Å². The Labute approximate surface area is 150 Å². The van der Waals surface area contributed by atoms with Crippen LogP contribution in [0.3, 0.4) is 0 Å². The van der Waals surface area contributed by atoms with Gasteiger partial charge < -0.3 is 9.72 Å². The summed E-state index contributed by atoms with van der Waals surface area (Å²) in [4.78, 5) is 3.54. The molecule has 5 aromatic rings. The van der Waals surface area contributed by atoms with Gasteiger partial charge in [0.05, 0.1) is 0 Å². The topological polar surface area (TPSA) is 25.0 Å². The molecule has 1 aromatic heterocycles. The fourth-order valence-corrected chi connectivity index (χ4v) is 4.11. The minimum atomic E-state index is 0.901. The van der Waals surface area contributed by atoms with Crippen LogP contribution in [0.15, 0.2) is 84.9 Å². The van der Waals surface area contributed by atoms with Crippen LogP contribution in [-0.2, 0) is 0 Å². The first-order valence-electron chi connectivity index (χ1n) is 8.80. The van der Waals surface area contributed by atoms with E-state index in [0.29, 0.717) is 0 Å². The Morgan fingerprint density at radius 2 is 1.27 bits per heavy atom. The Balaban J connectivity index is 1.84. The van der Waals surface area contributed by atoms with Gasteiger partial charge in [0.1, 0.15) is 11.5 Å². The van der Waals surface area contributed by atoms with Gasteiger partial charge in [-0.2, -0.15) is 0 Å². The molecule has 0 bridgehead atoms. The number of ether oxygens (including phenoxy) is 1. The molecule has 0 saturated carbocycles. The van der Waals surface area contributed by atoms with Crippen molar-refractivity contribution in [2.45, 2.75) is 0 Å². The molecule has 0 unspecified atom stereocenters. The second-order valence-corrected chi connectivity index (χ2v) is 6.68. The Morgan fingerprint density at radius 1 is 0.538 bits per heavy atom. The van der Waals surface area contributed by atoms with Crippen molar-refractivity contribution in [3.05, 3.63) is 84.9 Å². The lowest BCUT2D eigenvalue weighted by Gasteiger charge is -2.11. The molecule has 6 rings (SSSR count). The molecule has 1 aliphatic rings. The van der Waals surface area contributed by atoms with Gasteiger partial charge in [-0.25, -0.2) is 0 Å². The molecule has 1 aliphatic heterocycles. The quantitative estimate of drug-likeness (QED) is 0.326. The molecule has 0 atom stereocenters. The van der Waals surface area contributed by atoms with Crippen molar-refractivity contribution >= 4 is 21.8 Å². The summed E-state index contributed by atoms with van der Waals surface area (Å²) in [6.45, 7) is 0. The Morgan fingerprint density at radius 3 is 2.19 bits per heavy atom. The van der Waals surface area contributed by atoms with Crippen LogP contribution in [0.2, 0.25) is 0 Å². The largest absolute Gasteiger partial charge is 0.456 e. The molecule has 2 heterocycles. The number of rotatable bonds is 0. The summed E-state index contributed by atoms with van der Waals surface area (Å²) >= 11 is 0. The average Bonchev–Trinajstić information content (AvgIpc) is 3.00. The summed E-state index contributed by atoms with van der Waals surface area (Å²) in [7, 11) is 0. The monoisotopic (exact) mass is 333 g/mol. The first kappa shape index (κ1) is 13.7. The van der Waals surface area contributed by atoms with Crippen molar-refractivity contribution in [3.8, 4) is 33.8 Å². The molecule has 0 saturated heterocycles. The highest BCUT2D eigenvalue weighted by atomic mass is 16.5. The molecule has 122 valence electrons. The molecule has 0 spiro atoms. The number of hydrogen-bond donors (Lipinski definition) is 1. The predicted molar refractivity (Wildman–Crippen MR) is 107 cm³/mol. The zero-order chi connectivity index (χ0) is 17.1. The van der Waals surface area contributed by atoms with Crippen LogP contribution in [0, 0.1) is 0 Å².